The third-order valence-corrected chi connectivity index (χ3v) is 3.96. The summed E-state index contributed by atoms with van der Waals surface area (Å²) in [5, 5.41) is 7.04. The van der Waals surface area contributed by atoms with E-state index in [1.807, 2.05) is 4.90 Å². The summed E-state index contributed by atoms with van der Waals surface area (Å²) in [7, 11) is 0. The third-order valence-electron chi connectivity index (χ3n) is 3.96. The number of nitrogen functional groups attached to an aromatic ring is 1. The Morgan fingerprint density at radius 1 is 1.32 bits per heavy atom. The van der Waals surface area contributed by atoms with Crippen molar-refractivity contribution in [3.63, 3.8) is 0 Å². The second-order valence-corrected chi connectivity index (χ2v) is 6.28. The van der Waals surface area contributed by atoms with Gasteiger partial charge in [0.2, 0.25) is 11.5 Å². The van der Waals surface area contributed by atoms with Gasteiger partial charge in [0.05, 0.1) is 0 Å². The molecule has 1 fully saturated rings. The van der Waals surface area contributed by atoms with E-state index in [1.54, 1.807) is 0 Å². The first-order valence-electron chi connectivity index (χ1n) is 6.77. The lowest BCUT2D eigenvalue weighted by molar-refractivity contribution is 0.0745. The number of carbonyl (C=O) groups is 1. The smallest absolute Gasteiger partial charge is 0.280 e. The van der Waals surface area contributed by atoms with Gasteiger partial charge in [-0.25, -0.2) is 4.63 Å². The molecule has 6 nitrogen and oxygen atoms in total. The van der Waals surface area contributed by atoms with E-state index >= 15 is 0 Å². The van der Waals surface area contributed by atoms with E-state index in [0.717, 1.165) is 32.4 Å². The quantitative estimate of drug-likeness (QED) is 0.839. The molecule has 1 saturated heterocycles. The molecule has 0 aliphatic carbocycles. The zero-order chi connectivity index (χ0) is 14.0. The van der Waals surface area contributed by atoms with Gasteiger partial charge < -0.3 is 10.6 Å². The van der Waals surface area contributed by atoms with Crippen molar-refractivity contribution >= 4 is 11.7 Å². The van der Waals surface area contributed by atoms with E-state index in [4.69, 9.17) is 5.73 Å². The standard InChI is InChI=1S/C13H22N4O2/c1-13(2,3)9-5-4-7-17(8-6-9)12(18)10-11(14)16-19-15-10/h9H,4-8H2,1-3H3,(H2,14,16). The van der Waals surface area contributed by atoms with Crippen LogP contribution in [0.25, 0.3) is 0 Å². The molecule has 1 amide bonds. The summed E-state index contributed by atoms with van der Waals surface area (Å²) < 4.78 is 4.49. The van der Waals surface area contributed by atoms with E-state index in [0.29, 0.717) is 5.92 Å². The Labute approximate surface area is 113 Å². The van der Waals surface area contributed by atoms with E-state index in [-0.39, 0.29) is 22.8 Å². The predicted molar refractivity (Wildman–Crippen MR) is 71.4 cm³/mol. The molecule has 2 heterocycles. The van der Waals surface area contributed by atoms with Crippen LogP contribution in [-0.2, 0) is 0 Å². The minimum atomic E-state index is -0.173. The number of hydrogen-bond acceptors (Lipinski definition) is 5. The molecule has 0 bridgehead atoms. The fourth-order valence-electron chi connectivity index (χ4n) is 2.66. The number of anilines is 1. The van der Waals surface area contributed by atoms with Crippen molar-refractivity contribution in [3.05, 3.63) is 5.69 Å². The number of aromatic nitrogens is 2. The molecule has 1 unspecified atom stereocenters. The molecule has 1 atom stereocenters. The molecule has 0 spiro atoms. The lowest BCUT2D eigenvalue weighted by Crippen LogP contribution is -2.33. The number of hydrogen-bond donors (Lipinski definition) is 1. The summed E-state index contributed by atoms with van der Waals surface area (Å²) in [5.41, 5.74) is 5.99. The van der Waals surface area contributed by atoms with Crippen molar-refractivity contribution < 1.29 is 9.42 Å². The molecule has 0 radical (unpaired) electrons. The van der Waals surface area contributed by atoms with Crippen molar-refractivity contribution in [2.24, 2.45) is 11.3 Å². The van der Waals surface area contributed by atoms with Crippen LogP contribution in [0.1, 0.15) is 50.5 Å². The van der Waals surface area contributed by atoms with E-state index in [2.05, 4.69) is 35.7 Å². The molecule has 0 aromatic carbocycles. The molecule has 0 saturated carbocycles. The SMILES string of the molecule is CC(C)(C)C1CCCN(C(=O)c2nonc2N)CC1. The first-order chi connectivity index (χ1) is 8.89. The fourth-order valence-corrected chi connectivity index (χ4v) is 2.66. The molecule has 1 aromatic rings. The van der Waals surface area contributed by atoms with Crippen LogP contribution in [0.2, 0.25) is 0 Å². The number of carbonyl (C=O) groups excluding carboxylic acids is 1. The van der Waals surface area contributed by atoms with Crippen LogP contribution in [-0.4, -0.2) is 34.2 Å². The number of likely N-dealkylation sites (tertiary alicyclic amines) is 1. The van der Waals surface area contributed by atoms with Crippen molar-refractivity contribution in [2.45, 2.75) is 40.0 Å². The van der Waals surface area contributed by atoms with Crippen molar-refractivity contribution in [1.29, 1.82) is 0 Å². The van der Waals surface area contributed by atoms with Gasteiger partial charge in [-0.1, -0.05) is 20.8 Å². The van der Waals surface area contributed by atoms with Gasteiger partial charge in [0, 0.05) is 13.1 Å². The lowest BCUT2D eigenvalue weighted by Gasteiger charge is -2.29. The first-order valence-corrected chi connectivity index (χ1v) is 6.77. The highest BCUT2D eigenvalue weighted by atomic mass is 16.6. The monoisotopic (exact) mass is 266 g/mol. The van der Waals surface area contributed by atoms with E-state index in [1.165, 1.54) is 0 Å². The highest BCUT2D eigenvalue weighted by molar-refractivity contribution is 5.96. The number of amides is 1. The normalized spacial score (nSPS) is 21.2. The van der Waals surface area contributed by atoms with Crippen LogP contribution in [0.5, 0.6) is 0 Å². The highest BCUT2D eigenvalue weighted by Crippen LogP contribution is 2.34. The molecule has 1 aliphatic heterocycles. The van der Waals surface area contributed by atoms with Gasteiger partial charge in [0.25, 0.3) is 5.91 Å². The first kappa shape index (κ1) is 13.8. The summed E-state index contributed by atoms with van der Waals surface area (Å²) in [6, 6.07) is 0. The van der Waals surface area contributed by atoms with Gasteiger partial charge in [-0.05, 0) is 40.9 Å². The predicted octanol–water partition coefficient (Wildman–Crippen LogP) is 1.94. The maximum atomic E-state index is 12.3. The van der Waals surface area contributed by atoms with Crippen LogP contribution >= 0.6 is 0 Å². The Kier molecular flexibility index (Phi) is 3.78. The molecule has 1 aliphatic rings. The van der Waals surface area contributed by atoms with Crippen LogP contribution in [0.4, 0.5) is 5.82 Å². The topological polar surface area (TPSA) is 85.2 Å². The lowest BCUT2D eigenvalue weighted by atomic mass is 9.77. The largest absolute Gasteiger partial charge is 0.379 e. The number of rotatable bonds is 1. The van der Waals surface area contributed by atoms with Crippen LogP contribution in [0.15, 0.2) is 4.63 Å². The van der Waals surface area contributed by atoms with Gasteiger partial charge in [0.15, 0.2) is 0 Å². The van der Waals surface area contributed by atoms with Crippen molar-refractivity contribution in [1.82, 2.24) is 15.2 Å². The van der Waals surface area contributed by atoms with Gasteiger partial charge >= 0.3 is 0 Å². The number of nitrogens with zero attached hydrogens (tertiary/aromatic N) is 3. The fraction of sp³-hybridized carbons (Fsp3) is 0.769. The zero-order valence-electron chi connectivity index (χ0n) is 11.8. The highest BCUT2D eigenvalue weighted by Gasteiger charge is 2.30. The summed E-state index contributed by atoms with van der Waals surface area (Å²) in [5.74, 6) is 0.535. The second kappa shape index (κ2) is 5.19. The molecular weight excluding hydrogens is 244 g/mol. The van der Waals surface area contributed by atoms with Crippen LogP contribution < -0.4 is 5.73 Å². The van der Waals surface area contributed by atoms with E-state index in [9.17, 15) is 4.79 Å². The Balaban J connectivity index is 2.04. The summed E-state index contributed by atoms with van der Waals surface area (Å²) in [6.45, 7) is 8.27. The van der Waals surface area contributed by atoms with Crippen LogP contribution in [0, 0.1) is 11.3 Å². The molecule has 2 rings (SSSR count). The molecular formula is C13H22N4O2. The number of nitrogens with two attached hydrogens (primary N) is 1. The summed E-state index contributed by atoms with van der Waals surface area (Å²) >= 11 is 0. The third kappa shape index (κ3) is 3.05. The Bertz CT molecular complexity index is 450. The summed E-state index contributed by atoms with van der Waals surface area (Å²) in [4.78, 5) is 14.1. The average molecular weight is 266 g/mol. The van der Waals surface area contributed by atoms with Crippen molar-refractivity contribution in [3.8, 4) is 0 Å². The Morgan fingerprint density at radius 3 is 2.63 bits per heavy atom. The van der Waals surface area contributed by atoms with Gasteiger partial charge in [-0.3, -0.25) is 4.79 Å². The Hall–Kier alpha value is -1.59. The van der Waals surface area contributed by atoms with Gasteiger partial charge in [-0.15, -0.1) is 0 Å². The van der Waals surface area contributed by atoms with Gasteiger partial charge in [0.1, 0.15) is 0 Å². The maximum absolute atomic E-state index is 12.3. The van der Waals surface area contributed by atoms with Gasteiger partial charge in [-0.2, -0.15) is 0 Å². The molecule has 6 heteroatoms. The molecule has 106 valence electrons. The van der Waals surface area contributed by atoms with Crippen LogP contribution in [0.3, 0.4) is 0 Å². The summed E-state index contributed by atoms with van der Waals surface area (Å²) in [6.07, 6.45) is 3.18. The van der Waals surface area contributed by atoms with E-state index < -0.39 is 0 Å². The Morgan fingerprint density at radius 2 is 2.05 bits per heavy atom. The minimum absolute atomic E-state index is 0.0709. The molecule has 2 N–H and O–H groups in total. The second-order valence-electron chi connectivity index (χ2n) is 6.28. The minimum Gasteiger partial charge on any atom is -0.379 e. The molecule has 19 heavy (non-hydrogen) atoms. The maximum Gasteiger partial charge on any atom is 0.280 e. The zero-order valence-corrected chi connectivity index (χ0v) is 11.8. The molecule has 1 aromatic heterocycles. The average Bonchev–Trinajstić information content (AvgIpc) is 2.62. The van der Waals surface area contributed by atoms with Crippen molar-refractivity contribution in [2.75, 3.05) is 18.8 Å².